The van der Waals surface area contributed by atoms with Crippen molar-refractivity contribution < 1.29 is 33.4 Å². The summed E-state index contributed by atoms with van der Waals surface area (Å²) in [5.41, 5.74) is 5.22. The summed E-state index contributed by atoms with van der Waals surface area (Å²) >= 11 is 0. The zero-order chi connectivity index (χ0) is 79.2. The quantitative estimate of drug-likeness (QED) is 0.0496. The molecule has 106 heavy (non-hydrogen) atoms. The Bertz CT molecular complexity index is 2900. The van der Waals surface area contributed by atoms with Crippen LogP contribution in [0.15, 0.2) is 104 Å². The molecule has 6 aromatic rings. The van der Waals surface area contributed by atoms with E-state index in [-0.39, 0.29) is 30.4 Å². The molecule has 4 saturated heterocycles. The zero-order valence-corrected chi connectivity index (χ0v) is 69.6. The number of rotatable bonds is 26. The number of morpholine rings is 1. The van der Waals surface area contributed by atoms with Crippen LogP contribution in [0.3, 0.4) is 0 Å². The van der Waals surface area contributed by atoms with Gasteiger partial charge in [-0.2, -0.15) is 15.4 Å². The Hall–Kier alpha value is -7.75. The van der Waals surface area contributed by atoms with E-state index in [1.807, 2.05) is 100 Å². The average molecular weight is 1480 g/mol. The highest BCUT2D eigenvalue weighted by molar-refractivity contribution is 6.01. The van der Waals surface area contributed by atoms with Crippen molar-refractivity contribution in [2.75, 3.05) is 65.6 Å². The van der Waals surface area contributed by atoms with Crippen molar-refractivity contribution >= 4 is 29.7 Å². The maximum absolute atomic E-state index is 11.2. The molecule has 0 atom stereocenters. The van der Waals surface area contributed by atoms with Gasteiger partial charge in [-0.3, -0.25) is 48.4 Å². The highest BCUT2D eigenvalue weighted by atomic mass is 16.6. The van der Waals surface area contributed by atoms with E-state index in [9.17, 15) is 24.0 Å². The van der Waals surface area contributed by atoms with Crippen molar-refractivity contribution in [2.24, 2.45) is 66.2 Å². The molecular weight excluding hydrogens is 1330 g/mol. The van der Waals surface area contributed by atoms with Crippen LogP contribution in [0.4, 0.5) is 4.79 Å². The highest BCUT2D eigenvalue weighted by Gasteiger charge is 2.28. The predicted molar refractivity (Wildman–Crippen MR) is 429 cm³/mol. The number of hydrogen-bond donors (Lipinski definition) is 1. The Morgan fingerprint density at radius 2 is 1.01 bits per heavy atom. The Balaban J connectivity index is 0.000000589. The number of likely N-dealkylation sites (tertiary alicyclic amines) is 2. The Labute approximate surface area is 640 Å². The van der Waals surface area contributed by atoms with Crippen molar-refractivity contribution in [3.63, 3.8) is 0 Å². The van der Waals surface area contributed by atoms with Crippen LogP contribution in [0, 0.1) is 59.2 Å². The van der Waals surface area contributed by atoms with E-state index in [4.69, 9.17) is 9.47 Å². The number of nitrogens with one attached hydrogen (secondary N) is 1. The van der Waals surface area contributed by atoms with Crippen molar-refractivity contribution in [3.05, 3.63) is 133 Å². The number of aromatic amines is 1. The van der Waals surface area contributed by atoms with Crippen molar-refractivity contribution in [3.8, 4) is 0 Å². The molecule has 0 bridgehead atoms. The molecule has 22 nitrogen and oxygen atoms in total. The van der Waals surface area contributed by atoms with Gasteiger partial charge in [-0.15, -0.1) is 10.2 Å². The smallest absolute Gasteiger partial charge is 0.409 e. The topological polar surface area (TPSA) is 246 Å². The van der Waals surface area contributed by atoms with Crippen LogP contribution in [0.1, 0.15) is 231 Å². The minimum absolute atomic E-state index is 0.000602. The number of aryl methyl sites for hydroxylation is 3. The highest BCUT2D eigenvalue weighted by Crippen LogP contribution is 2.16. The van der Waals surface area contributed by atoms with E-state index >= 15 is 0 Å². The summed E-state index contributed by atoms with van der Waals surface area (Å²) < 4.78 is 13.7. The lowest BCUT2D eigenvalue weighted by Crippen LogP contribution is -2.42. The number of pyridine rings is 3. The lowest BCUT2D eigenvalue weighted by molar-refractivity contribution is -0.143. The number of ether oxygens (including phenoxy) is 2. The number of imide groups is 1. The molecule has 596 valence electrons. The van der Waals surface area contributed by atoms with Crippen LogP contribution in [0.5, 0.6) is 0 Å². The van der Waals surface area contributed by atoms with Gasteiger partial charge < -0.3 is 24.2 Å². The van der Waals surface area contributed by atoms with Crippen LogP contribution in [-0.2, 0) is 74.3 Å². The number of nitrogens with zero attached hydrogens (tertiary/aromatic N) is 14. The SMILES string of the molecule is CC(C)CCN1C(=O)CCC1=O.CC(C)CCN1CCCC1=O.CC(C)CCN1CCOC1=O.CC(C)CCN1CCOCC1=O.CC(C)CCc1nn[nH]n1.CC(C)CCn1cccn1.CC(C)Cc1ccccn1.CC(C)Cc1cccnc1.CC(C)Cc1ccncc1.CC(C)Cc1ccnn1C. The fourth-order valence-electron chi connectivity index (χ4n) is 10.3. The van der Waals surface area contributed by atoms with E-state index in [2.05, 4.69) is 215 Å². The maximum Gasteiger partial charge on any atom is 0.409 e. The third-order valence-corrected chi connectivity index (χ3v) is 16.6. The number of H-pyrrole nitrogens is 1. The molecule has 4 fully saturated rings. The Morgan fingerprint density at radius 3 is 1.46 bits per heavy atom. The van der Waals surface area contributed by atoms with E-state index in [0.717, 1.165) is 152 Å². The number of tetrazole rings is 1. The minimum atomic E-state index is -0.148. The molecule has 0 spiro atoms. The third kappa shape index (κ3) is 51.5. The van der Waals surface area contributed by atoms with Crippen LogP contribution >= 0.6 is 0 Å². The molecule has 0 radical (unpaired) electrons. The number of hydrogen-bond acceptors (Lipinski definition) is 15. The van der Waals surface area contributed by atoms with Gasteiger partial charge in [0.05, 0.1) is 13.2 Å². The molecule has 0 aliphatic carbocycles. The molecule has 10 rings (SSSR count). The summed E-state index contributed by atoms with van der Waals surface area (Å²) in [4.78, 5) is 74.7. The van der Waals surface area contributed by atoms with Gasteiger partial charge in [-0.05, 0) is 183 Å². The lowest BCUT2D eigenvalue weighted by Gasteiger charge is -2.27. The standard InChI is InChI=1S/C9H17NO2.C9H15NO2.C9H17NO.3C9H13N.2C8H14N2.C8H15NO2.C6H12N4/c1-8(2)3-4-10-5-6-12-7-9(10)11;1-7(2)5-6-10-8(11)3-4-9(10)12;1-8(2)5-7-10-6-3-4-9(10)11;1-8(2)7-9-3-5-10-6-4-9;1-8(2)6-9-4-3-5-10-7-9;1-8(2)7-9-5-3-4-6-10-9;1-7(2)6-8-4-5-9-10(8)3;1-8(2)4-7-10-6-3-5-9-10;1-7(2)3-4-9-5-6-11-8(9)10;1-5(2)3-4-6-7-9-10-8-6/h8H,3-7H2,1-2H3;7H,3-6H2,1-2H3;8H,3-7H2,1-2H3;3-6,8H,7H2,1-2H3;3-5,7-8H,6H2,1-2H3;3-6,8H,7H2,1-2H3;4-5,7H,6H2,1-3H3;3,5-6,8H,4,7H2,1-2H3;7H,3-6H2,1-2H3;5H,3-4H2,1-2H3,(H,7,8,9,10). The summed E-state index contributed by atoms with van der Waals surface area (Å²) in [6, 6.07) is 18.3. The second-order valence-corrected chi connectivity index (χ2v) is 31.8. The zero-order valence-electron chi connectivity index (χ0n) is 69.6. The van der Waals surface area contributed by atoms with E-state index < -0.39 is 0 Å². The fraction of sp³-hybridized carbons (Fsp3) is 0.679. The summed E-state index contributed by atoms with van der Waals surface area (Å²) in [5, 5.41) is 21.8. The van der Waals surface area contributed by atoms with Crippen LogP contribution in [-0.4, -0.2) is 170 Å². The largest absolute Gasteiger partial charge is 0.448 e. The van der Waals surface area contributed by atoms with Crippen molar-refractivity contribution in [1.29, 1.82) is 0 Å². The first-order valence-corrected chi connectivity index (χ1v) is 39.6. The van der Waals surface area contributed by atoms with Gasteiger partial charge in [0.1, 0.15) is 13.2 Å². The molecule has 10 heterocycles. The molecule has 4 aliphatic rings. The summed E-state index contributed by atoms with van der Waals surface area (Å²) in [6.07, 6.45) is 29.4. The first kappa shape index (κ1) is 96.3. The molecule has 0 unspecified atom stereocenters. The summed E-state index contributed by atoms with van der Waals surface area (Å²) in [5.74, 6) is 8.25. The summed E-state index contributed by atoms with van der Waals surface area (Å²) in [6.45, 7) is 52.2. The first-order chi connectivity index (χ1) is 50.3. The maximum atomic E-state index is 11.2. The minimum Gasteiger partial charge on any atom is -0.448 e. The number of aromatic nitrogens is 11. The molecule has 22 heteroatoms. The van der Waals surface area contributed by atoms with Gasteiger partial charge in [0, 0.05) is 140 Å². The van der Waals surface area contributed by atoms with Gasteiger partial charge >= 0.3 is 6.09 Å². The second-order valence-electron chi connectivity index (χ2n) is 31.8. The van der Waals surface area contributed by atoms with Crippen LogP contribution in [0.2, 0.25) is 0 Å². The second kappa shape index (κ2) is 58.4. The van der Waals surface area contributed by atoms with Crippen molar-refractivity contribution in [1.82, 2.24) is 74.7 Å². The van der Waals surface area contributed by atoms with Gasteiger partial charge in [-0.25, -0.2) is 4.79 Å². The molecule has 5 amide bonds. The third-order valence-electron chi connectivity index (χ3n) is 16.6. The molecule has 0 aromatic carbocycles. The fourth-order valence-corrected chi connectivity index (χ4v) is 10.3. The monoisotopic (exact) mass is 1470 g/mol. The molecule has 6 aromatic heterocycles. The number of carbonyl (C=O) groups excluding carboxylic acids is 5. The van der Waals surface area contributed by atoms with E-state index in [1.54, 1.807) is 4.90 Å². The van der Waals surface area contributed by atoms with Gasteiger partial charge in [0.2, 0.25) is 23.6 Å². The Kier molecular flexibility index (Phi) is 53.0. The van der Waals surface area contributed by atoms with E-state index in [1.165, 1.54) is 33.8 Å². The van der Waals surface area contributed by atoms with Crippen LogP contribution in [0.25, 0.3) is 0 Å². The normalized spacial score (nSPS) is 13.9. The molecule has 0 saturated carbocycles. The van der Waals surface area contributed by atoms with Gasteiger partial charge in [0.15, 0.2) is 5.82 Å². The number of amides is 5. The van der Waals surface area contributed by atoms with Crippen LogP contribution < -0.4 is 0 Å². The van der Waals surface area contributed by atoms with E-state index in [0.29, 0.717) is 74.0 Å². The molecular formula is C84H143N15O7. The van der Waals surface area contributed by atoms with Gasteiger partial charge in [0.25, 0.3) is 0 Å². The Morgan fingerprint density at radius 1 is 0.453 bits per heavy atom. The number of carbonyl (C=O) groups is 5. The molecule has 4 aliphatic heterocycles. The summed E-state index contributed by atoms with van der Waals surface area (Å²) in [7, 11) is 1.98. The van der Waals surface area contributed by atoms with Gasteiger partial charge in [-0.1, -0.05) is 156 Å². The number of cyclic esters (lactones) is 1. The van der Waals surface area contributed by atoms with Crippen molar-refractivity contribution in [2.45, 2.75) is 241 Å². The average Bonchev–Trinajstić information content (AvgIpc) is 1.74. The first-order valence-electron chi connectivity index (χ1n) is 39.6. The lowest BCUT2D eigenvalue weighted by atomic mass is 10.0. The predicted octanol–water partition coefficient (Wildman–Crippen LogP) is 16.4. The molecule has 1 N–H and O–H groups in total.